The van der Waals surface area contributed by atoms with Crippen molar-refractivity contribution in [2.75, 3.05) is 12.3 Å². The van der Waals surface area contributed by atoms with Crippen LogP contribution in [0.25, 0.3) is 0 Å². The quantitative estimate of drug-likeness (QED) is 0.744. The van der Waals surface area contributed by atoms with Gasteiger partial charge in [-0.3, -0.25) is 4.79 Å². The predicted octanol–water partition coefficient (Wildman–Crippen LogP) is 0.336. The average Bonchev–Trinajstić information content (AvgIpc) is 2.40. The molecule has 0 saturated carbocycles. The van der Waals surface area contributed by atoms with Gasteiger partial charge in [-0.15, -0.1) is 0 Å². The molecule has 5 heteroatoms. The highest BCUT2D eigenvalue weighted by molar-refractivity contribution is 7.92. The molecule has 1 saturated heterocycles. The number of carbonyl (C=O) groups excluding carboxylic acids is 1. The van der Waals surface area contributed by atoms with Crippen molar-refractivity contribution in [2.24, 2.45) is 5.92 Å². The summed E-state index contributed by atoms with van der Waals surface area (Å²) in [4.78, 5) is 11.2. The van der Waals surface area contributed by atoms with Crippen LogP contribution in [0.1, 0.15) is 26.7 Å². The van der Waals surface area contributed by atoms with E-state index in [0.29, 0.717) is 6.42 Å². The highest BCUT2D eigenvalue weighted by Crippen LogP contribution is 2.19. The van der Waals surface area contributed by atoms with Gasteiger partial charge in [0, 0.05) is 12.5 Å². The Labute approximate surface area is 85.0 Å². The summed E-state index contributed by atoms with van der Waals surface area (Å²) in [6, 6.07) is 0. The van der Waals surface area contributed by atoms with E-state index in [1.807, 2.05) is 0 Å². The summed E-state index contributed by atoms with van der Waals surface area (Å²) < 4.78 is 22.8. The molecular formula is C9H17NO3S. The number of carbonyl (C=O) groups is 1. The first-order valence-corrected chi connectivity index (χ1v) is 6.64. The van der Waals surface area contributed by atoms with Crippen molar-refractivity contribution in [3.8, 4) is 0 Å². The Morgan fingerprint density at radius 2 is 2.14 bits per heavy atom. The van der Waals surface area contributed by atoms with Gasteiger partial charge in [-0.1, -0.05) is 13.8 Å². The number of nitrogens with one attached hydrogen (secondary N) is 1. The second-order valence-electron chi connectivity index (χ2n) is 4.03. The fraction of sp³-hybridized carbons (Fsp3) is 0.889. The van der Waals surface area contributed by atoms with Crippen molar-refractivity contribution in [1.29, 1.82) is 0 Å². The Bertz CT molecular complexity index is 308. The van der Waals surface area contributed by atoms with E-state index < -0.39 is 9.84 Å². The number of rotatable bonds is 3. The third-order valence-corrected chi connectivity index (χ3v) is 4.77. The van der Waals surface area contributed by atoms with Crippen LogP contribution in [0.2, 0.25) is 0 Å². The molecule has 0 aromatic rings. The van der Waals surface area contributed by atoms with Crippen molar-refractivity contribution in [3.63, 3.8) is 0 Å². The fourth-order valence-corrected chi connectivity index (χ4v) is 3.27. The maximum Gasteiger partial charge on any atom is 0.222 e. The zero-order valence-corrected chi connectivity index (χ0v) is 9.43. The maximum absolute atomic E-state index is 11.4. The number of sulfone groups is 1. The molecule has 1 unspecified atom stereocenters. The summed E-state index contributed by atoms with van der Waals surface area (Å²) in [5.74, 6) is 0.112. The van der Waals surface area contributed by atoms with E-state index in [0.717, 1.165) is 6.42 Å². The van der Waals surface area contributed by atoms with Crippen molar-refractivity contribution >= 4 is 15.7 Å². The van der Waals surface area contributed by atoms with Crippen LogP contribution in [0.15, 0.2) is 0 Å². The van der Waals surface area contributed by atoms with Crippen molar-refractivity contribution in [3.05, 3.63) is 0 Å². The van der Waals surface area contributed by atoms with Gasteiger partial charge >= 0.3 is 0 Å². The lowest BCUT2D eigenvalue weighted by molar-refractivity contribution is -0.123. The number of hydrogen-bond donors (Lipinski definition) is 1. The van der Waals surface area contributed by atoms with E-state index in [4.69, 9.17) is 0 Å². The molecule has 1 aliphatic heterocycles. The molecule has 0 aliphatic carbocycles. The summed E-state index contributed by atoms with van der Waals surface area (Å²) in [7, 11) is -2.92. The van der Waals surface area contributed by atoms with Crippen LogP contribution in [-0.2, 0) is 14.6 Å². The first kappa shape index (κ1) is 11.5. The molecule has 1 amide bonds. The normalized spacial score (nSPS) is 25.2. The monoisotopic (exact) mass is 219 g/mol. The average molecular weight is 219 g/mol. The van der Waals surface area contributed by atoms with Gasteiger partial charge in [0.2, 0.25) is 5.91 Å². The van der Waals surface area contributed by atoms with E-state index in [-0.39, 0.29) is 29.4 Å². The molecule has 1 aliphatic rings. The number of amides is 1. The minimum absolute atomic E-state index is 0.0768. The summed E-state index contributed by atoms with van der Waals surface area (Å²) in [6.45, 7) is 3.86. The lowest BCUT2D eigenvalue weighted by Gasteiger charge is -2.12. The van der Waals surface area contributed by atoms with Crippen molar-refractivity contribution < 1.29 is 13.2 Å². The van der Waals surface area contributed by atoms with E-state index in [1.54, 1.807) is 13.8 Å². The van der Waals surface area contributed by atoms with Gasteiger partial charge in [0.25, 0.3) is 0 Å². The Morgan fingerprint density at radius 1 is 1.50 bits per heavy atom. The summed E-state index contributed by atoms with van der Waals surface area (Å²) in [5, 5.41) is 2.31. The van der Waals surface area contributed by atoms with E-state index >= 15 is 0 Å². The zero-order chi connectivity index (χ0) is 10.8. The van der Waals surface area contributed by atoms with Gasteiger partial charge in [-0.05, 0) is 12.8 Å². The van der Waals surface area contributed by atoms with Crippen LogP contribution < -0.4 is 5.32 Å². The zero-order valence-electron chi connectivity index (χ0n) is 8.62. The molecule has 1 atom stereocenters. The second-order valence-corrected chi connectivity index (χ2v) is 6.43. The molecule has 1 N–H and O–H groups in total. The van der Waals surface area contributed by atoms with Crippen LogP contribution >= 0.6 is 0 Å². The van der Waals surface area contributed by atoms with Crippen LogP contribution in [0, 0.1) is 5.92 Å². The Hall–Kier alpha value is -0.580. The van der Waals surface area contributed by atoms with Crippen molar-refractivity contribution in [1.82, 2.24) is 5.32 Å². The number of hydrogen-bond acceptors (Lipinski definition) is 3. The Morgan fingerprint density at radius 3 is 2.57 bits per heavy atom. The highest BCUT2D eigenvalue weighted by atomic mass is 32.2. The van der Waals surface area contributed by atoms with Crippen LogP contribution in [0.3, 0.4) is 0 Å². The molecule has 0 bridgehead atoms. The van der Waals surface area contributed by atoms with Crippen LogP contribution in [-0.4, -0.2) is 31.9 Å². The standard InChI is InChI=1S/C9H17NO3S/c1-7(2)9(11)10-6-8-4-3-5-14(8,12)13/h7-8H,3-6H2,1-2H3,(H,10,11). The summed E-state index contributed by atoms with van der Waals surface area (Å²) in [6.07, 6.45) is 1.41. The molecule has 1 rings (SSSR count). The van der Waals surface area contributed by atoms with Gasteiger partial charge < -0.3 is 5.32 Å². The first-order chi connectivity index (χ1) is 6.43. The molecule has 0 spiro atoms. The van der Waals surface area contributed by atoms with Gasteiger partial charge in [0.1, 0.15) is 0 Å². The minimum Gasteiger partial charge on any atom is -0.355 e. The molecule has 0 radical (unpaired) electrons. The van der Waals surface area contributed by atoms with E-state index in [1.165, 1.54) is 0 Å². The minimum atomic E-state index is -2.92. The van der Waals surface area contributed by atoms with Crippen molar-refractivity contribution in [2.45, 2.75) is 31.9 Å². The lowest BCUT2D eigenvalue weighted by atomic mass is 10.2. The largest absolute Gasteiger partial charge is 0.355 e. The van der Waals surface area contributed by atoms with Gasteiger partial charge in [0.05, 0.1) is 11.0 Å². The fourth-order valence-electron chi connectivity index (χ4n) is 1.51. The molecule has 1 heterocycles. The Balaban J connectivity index is 2.43. The van der Waals surface area contributed by atoms with E-state index in [9.17, 15) is 13.2 Å². The second kappa shape index (κ2) is 4.29. The van der Waals surface area contributed by atoms with Gasteiger partial charge in [0.15, 0.2) is 9.84 Å². The predicted molar refractivity (Wildman–Crippen MR) is 54.7 cm³/mol. The van der Waals surface area contributed by atoms with E-state index in [2.05, 4.69) is 5.32 Å². The molecule has 14 heavy (non-hydrogen) atoms. The smallest absolute Gasteiger partial charge is 0.222 e. The lowest BCUT2D eigenvalue weighted by Crippen LogP contribution is -2.36. The van der Waals surface area contributed by atoms with Gasteiger partial charge in [-0.25, -0.2) is 8.42 Å². The first-order valence-electron chi connectivity index (χ1n) is 4.93. The molecule has 0 aromatic carbocycles. The molecule has 1 fully saturated rings. The molecule has 0 aromatic heterocycles. The van der Waals surface area contributed by atoms with Crippen LogP contribution in [0.5, 0.6) is 0 Å². The maximum atomic E-state index is 11.4. The summed E-state index contributed by atoms with van der Waals surface area (Å²) in [5.41, 5.74) is 0. The Kier molecular flexibility index (Phi) is 3.53. The van der Waals surface area contributed by atoms with Crippen LogP contribution in [0.4, 0.5) is 0 Å². The molecule has 82 valence electrons. The highest BCUT2D eigenvalue weighted by Gasteiger charge is 2.31. The van der Waals surface area contributed by atoms with Gasteiger partial charge in [-0.2, -0.15) is 0 Å². The topological polar surface area (TPSA) is 63.2 Å². The molecular weight excluding hydrogens is 202 g/mol. The molecule has 4 nitrogen and oxygen atoms in total. The third kappa shape index (κ3) is 2.70. The summed E-state index contributed by atoms with van der Waals surface area (Å²) >= 11 is 0. The third-order valence-electron chi connectivity index (χ3n) is 2.49. The SMILES string of the molecule is CC(C)C(=O)NCC1CCCS1(=O)=O.